The first-order valence-electron chi connectivity index (χ1n) is 4.74. The molecule has 2 heteroatoms. The molecular formula is C11H18N2. The third-order valence-corrected chi connectivity index (χ3v) is 2.15. The fourth-order valence-corrected chi connectivity index (χ4v) is 1.26. The van der Waals surface area contributed by atoms with E-state index in [-0.39, 0.29) is 5.41 Å². The molecule has 0 aliphatic carbocycles. The maximum absolute atomic E-state index is 4.48. The van der Waals surface area contributed by atoms with Crippen molar-refractivity contribution in [2.45, 2.75) is 27.2 Å². The zero-order chi connectivity index (χ0) is 9.90. The van der Waals surface area contributed by atoms with Crippen molar-refractivity contribution in [2.75, 3.05) is 7.05 Å². The van der Waals surface area contributed by atoms with Crippen LogP contribution in [-0.2, 0) is 0 Å². The summed E-state index contributed by atoms with van der Waals surface area (Å²) >= 11 is 0. The molecule has 1 rings (SSSR count). The second-order valence-electron chi connectivity index (χ2n) is 3.88. The van der Waals surface area contributed by atoms with E-state index in [0.717, 1.165) is 17.8 Å². The third-order valence-electron chi connectivity index (χ3n) is 2.15. The predicted octanol–water partition coefficient (Wildman–Crippen LogP) is 2.49. The zero-order valence-corrected chi connectivity index (χ0v) is 8.89. The molecular weight excluding hydrogens is 160 g/mol. The molecule has 0 aromatic rings. The van der Waals surface area contributed by atoms with E-state index in [4.69, 9.17) is 0 Å². The van der Waals surface area contributed by atoms with Gasteiger partial charge in [0.15, 0.2) is 0 Å². The molecule has 0 aromatic carbocycles. The van der Waals surface area contributed by atoms with E-state index in [1.807, 2.05) is 13.3 Å². The van der Waals surface area contributed by atoms with E-state index in [1.165, 1.54) is 0 Å². The van der Waals surface area contributed by atoms with Crippen LogP contribution in [0.2, 0.25) is 0 Å². The van der Waals surface area contributed by atoms with E-state index >= 15 is 0 Å². The van der Waals surface area contributed by atoms with E-state index in [1.54, 1.807) is 0 Å². The Bertz CT molecular complexity index is 244. The van der Waals surface area contributed by atoms with Gasteiger partial charge in [-0.3, -0.25) is 4.99 Å². The number of nitrogens with zero attached hydrogens (tertiary/aromatic N) is 1. The van der Waals surface area contributed by atoms with Crippen LogP contribution in [0.1, 0.15) is 27.2 Å². The van der Waals surface area contributed by atoms with Gasteiger partial charge in [0.25, 0.3) is 0 Å². The molecule has 1 N–H and O–H groups in total. The highest BCUT2D eigenvalue weighted by atomic mass is 14.9. The van der Waals surface area contributed by atoms with Gasteiger partial charge in [-0.05, 0) is 12.5 Å². The lowest BCUT2D eigenvalue weighted by molar-refractivity contribution is 0.694. The first-order valence-corrected chi connectivity index (χ1v) is 4.74. The lowest BCUT2D eigenvalue weighted by atomic mass is 9.95. The molecule has 0 amide bonds. The summed E-state index contributed by atoms with van der Waals surface area (Å²) in [6, 6.07) is 0. The maximum Gasteiger partial charge on any atom is 0.0628 e. The lowest BCUT2D eigenvalue weighted by Crippen LogP contribution is -2.08. The Morgan fingerprint density at radius 3 is 2.69 bits per heavy atom. The Labute approximate surface area is 80.4 Å². The molecule has 1 aliphatic rings. The van der Waals surface area contributed by atoms with Crippen molar-refractivity contribution in [3.05, 3.63) is 23.5 Å². The van der Waals surface area contributed by atoms with Crippen LogP contribution >= 0.6 is 0 Å². The molecule has 0 spiro atoms. The van der Waals surface area contributed by atoms with E-state index in [2.05, 4.69) is 43.2 Å². The number of hydrogen-bond donors (Lipinski definition) is 1. The molecule has 1 aliphatic heterocycles. The van der Waals surface area contributed by atoms with E-state index < -0.39 is 0 Å². The van der Waals surface area contributed by atoms with Crippen molar-refractivity contribution < 1.29 is 0 Å². The summed E-state index contributed by atoms with van der Waals surface area (Å²) in [6.45, 7) is 6.42. The maximum atomic E-state index is 4.48. The predicted molar refractivity (Wildman–Crippen MR) is 57.8 cm³/mol. The molecule has 0 fully saturated rings. The molecule has 0 saturated carbocycles. The van der Waals surface area contributed by atoms with Crippen molar-refractivity contribution >= 4 is 6.21 Å². The van der Waals surface area contributed by atoms with Gasteiger partial charge in [-0.15, -0.1) is 0 Å². The van der Waals surface area contributed by atoms with Crippen molar-refractivity contribution in [1.29, 1.82) is 0 Å². The quantitative estimate of drug-likeness (QED) is 0.690. The molecule has 0 bridgehead atoms. The van der Waals surface area contributed by atoms with Gasteiger partial charge in [-0.1, -0.05) is 26.8 Å². The molecule has 0 unspecified atom stereocenters. The van der Waals surface area contributed by atoms with Gasteiger partial charge in [-0.2, -0.15) is 0 Å². The van der Waals surface area contributed by atoms with Gasteiger partial charge in [-0.25, -0.2) is 0 Å². The summed E-state index contributed by atoms with van der Waals surface area (Å²) in [5.41, 5.74) is 2.33. The summed E-state index contributed by atoms with van der Waals surface area (Å²) < 4.78 is 0. The van der Waals surface area contributed by atoms with Crippen LogP contribution in [0.3, 0.4) is 0 Å². The van der Waals surface area contributed by atoms with Crippen LogP contribution in [0.4, 0.5) is 0 Å². The number of likely N-dealkylation sites (N-methyl/N-ethyl adjacent to an activating group) is 1. The Kier molecular flexibility index (Phi) is 2.91. The van der Waals surface area contributed by atoms with Crippen molar-refractivity contribution in [3.8, 4) is 0 Å². The van der Waals surface area contributed by atoms with Gasteiger partial charge < -0.3 is 5.32 Å². The van der Waals surface area contributed by atoms with Gasteiger partial charge in [0, 0.05) is 18.7 Å². The second-order valence-corrected chi connectivity index (χ2v) is 3.88. The molecule has 0 aromatic heterocycles. The summed E-state index contributed by atoms with van der Waals surface area (Å²) in [5, 5.41) is 3.16. The number of hydrogen-bond acceptors (Lipinski definition) is 2. The van der Waals surface area contributed by atoms with Gasteiger partial charge in [0.05, 0.1) is 11.4 Å². The Hall–Kier alpha value is -1.05. The average molecular weight is 178 g/mol. The zero-order valence-electron chi connectivity index (χ0n) is 8.89. The smallest absolute Gasteiger partial charge is 0.0628 e. The first kappa shape index (κ1) is 10.0. The molecule has 72 valence electrons. The molecule has 0 radical (unpaired) electrons. The SMILES string of the molecule is CCC1=C(NC)C=CC(C)(C)C=N1. The standard InChI is InChI=1S/C11H18N2/c1-5-9-10(12-4)6-7-11(2,3)8-13-9/h6-8,12H,5H2,1-4H3. The summed E-state index contributed by atoms with van der Waals surface area (Å²) in [6.07, 6.45) is 7.26. The average Bonchev–Trinajstić information content (AvgIpc) is 2.23. The van der Waals surface area contributed by atoms with E-state index in [0.29, 0.717) is 0 Å². The Balaban J connectivity index is 3.02. The van der Waals surface area contributed by atoms with E-state index in [9.17, 15) is 0 Å². The van der Waals surface area contributed by atoms with Crippen LogP contribution < -0.4 is 5.32 Å². The van der Waals surface area contributed by atoms with Crippen LogP contribution in [0.15, 0.2) is 28.5 Å². The Morgan fingerprint density at radius 2 is 2.15 bits per heavy atom. The topological polar surface area (TPSA) is 24.4 Å². The molecule has 13 heavy (non-hydrogen) atoms. The number of allylic oxidation sites excluding steroid dienone is 3. The van der Waals surface area contributed by atoms with Gasteiger partial charge in [0.1, 0.15) is 0 Å². The third kappa shape index (κ3) is 2.44. The highest BCUT2D eigenvalue weighted by Gasteiger charge is 2.13. The molecule has 1 heterocycles. The van der Waals surface area contributed by atoms with Crippen LogP contribution in [0.25, 0.3) is 0 Å². The number of nitrogens with one attached hydrogen (secondary N) is 1. The van der Waals surface area contributed by atoms with Crippen molar-refractivity contribution in [2.24, 2.45) is 10.4 Å². The number of aliphatic imine (C=N–C) groups is 1. The minimum atomic E-state index is 0.0685. The first-order chi connectivity index (χ1) is 6.09. The van der Waals surface area contributed by atoms with Gasteiger partial charge in [0.2, 0.25) is 0 Å². The highest BCUT2D eigenvalue weighted by molar-refractivity contribution is 5.70. The van der Waals surface area contributed by atoms with Crippen molar-refractivity contribution in [3.63, 3.8) is 0 Å². The summed E-state index contributed by atoms with van der Waals surface area (Å²) in [4.78, 5) is 4.48. The second kappa shape index (κ2) is 3.77. The van der Waals surface area contributed by atoms with Crippen LogP contribution in [0, 0.1) is 5.41 Å². The van der Waals surface area contributed by atoms with Crippen molar-refractivity contribution in [1.82, 2.24) is 5.32 Å². The molecule has 2 nitrogen and oxygen atoms in total. The molecule has 0 saturated heterocycles. The minimum absolute atomic E-state index is 0.0685. The van der Waals surface area contributed by atoms with Gasteiger partial charge >= 0.3 is 0 Å². The Morgan fingerprint density at radius 1 is 1.46 bits per heavy atom. The minimum Gasteiger partial charge on any atom is -0.387 e. The summed E-state index contributed by atoms with van der Waals surface area (Å²) in [7, 11) is 1.93. The normalized spacial score (nSPS) is 20.3. The highest BCUT2D eigenvalue weighted by Crippen LogP contribution is 2.21. The fraction of sp³-hybridized carbons (Fsp3) is 0.545. The lowest BCUT2D eigenvalue weighted by Gasteiger charge is -2.10. The molecule has 0 atom stereocenters. The van der Waals surface area contributed by atoms with Crippen LogP contribution in [0.5, 0.6) is 0 Å². The monoisotopic (exact) mass is 178 g/mol. The fourth-order valence-electron chi connectivity index (χ4n) is 1.26. The van der Waals surface area contributed by atoms with Crippen LogP contribution in [-0.4, -0.2) is 13.3 Å². The largest absolute Gasteiger partial charge is 0.387 e. The number of rotatable bonds is 2. The summed E-state index contributed by atoms with van der Waals surface area (Å²) in [5.74, 6) is 0.